The zero-order valence-corrected chi connectivity index (χ0v) is 16.3. The molecule has 1 saturated carbocycles. The van der Waals surface area contributed by atoms with E-state index in [1.165, 1.54) is 30.3 Å². The summed E-state index contributed by atoms with van der Waals surface area (Å²) in [5.74, 6) is -0.406. The molecule has 0 atom stereocenters. The van der Waals surface area contributed by atoms with Crippen molar-refractivity contribution in [3.05, 3.63) is 65.3 Å². The van der Waals surface area contributed by atoms with Crippen LogP contribution in [0, 0.1) is 5.13 Å². The Balaban J connectivity index is 1.55. The smallest absolute Gasteiger partial charge is 0.255 e. The first-order valence-electron chi connectivity index (χ1n) is 8.65. The number of sulfone groups is 1. The summed E-state index contributed by atoms with van der Waals surface area (Å²) in [4.78, 5) is 13.5. The molecule has 1 aliphatic carbocycles. The van der Waals surface area contributed by atoms with Crippen molar-refractivity contribution in [2.24, 2.45) is 0 Å². The van der Waals surface area contributed by atoms with Crippen LogP contribution in [0.25, 0.3) is 10.4 Å². The Bertz CT molecular complexity index is 1150. The standard InChI is InChI=1S/C20H17FN2O3S2/c21-19-10-9-18(27-19)13-3-8-16(22)17(11-13)23-20(24)12-1-4-14(5-2-12)28(25,26)15-6-7-15/h1-5,8-11,15H,6-7,22H2,(H,23,24). The molecule has 1 heterocycles. The van der Waals surface area contributed by atoms with Crippen molar-refractivity contribution in [3.63, 3.8) is 0 Å². The van der Waals surface area contributed by atoms with Gasteiger partial charge in [0.2, 0.25) is 0 Å². The number of nitrogens with one attached hydrogen (secondary N) is 1. The van der Waals surface area contributed by atoms with Crippen molar-refractivity contribution in [1.82, 2.24) is 0 Å². The van der Waals surface area contributed by atoms with Crippen molar-refractivity contribution in [2.75, 3.05) is 11.1 Å². The number of benzene rings is 2. The molecule has 0 bridgehead atoms. The number of rotatable bonds is 5. The van der Waals surface area contributed by atoms with Crippen LogP contribution in [0.1, 0.15) is 23.2 Å². The van der Waals surface area contributed by atoms with Crippen LogP contribution in [0.5, 0.6) is 0 Å². The summed E-state index contributed by atoms with van der Waals surface area (Å²) in [7, 11) is -3.29. The Hall–Kier alpha value is -2.71. The fourth-order valence-electron chi connectivity index (χ4n) is 2.85. The number of hydrogen-bond acceptors (Lipinski definition) is 5. The maximum atomic E-state index is 13.3. The molecule has 144 valence electrons. The molecule has 2 aromatic carbocycles. The predicted molar refractivity (Wildman–Crippen MR) is 109 cm³/mol. The summed E-state index contributed by atoms with van der Waals surface area (Å²) in [6.07, 6.45) is 1.38. The van der Waals surface area contributed by atoms with Gasteiger partial charge in [-0.25, -0.2) is 8.42 Å². The number of halogens is 1. The fraction of sp³-hybridized carbons (Fsp3) is 0.150. The first-order chi connectivity index (χ1) is 13.3. The molecular formula is C20H17FN2O3S2. The summed E-state index contributed by atoms with van der Waals surface area (Å²) in [5.41, 5.74) is 7.80. The monoisotopic (exact) mass is 416 g/mol. The number of carbonyl (C=O) groups excluding carboxylic acids is 1. The second-order valence-corrected chi connectivity index (χ2v) is 9.89. The lowest BCUT2D eigenvalue weighted by Gasteiger charge is -2.10. The maximum absolute atomic E-state index is 13.3. The first kappa shape index (κ1) is 18.6. The second-order valence-electron chi connectivity index (χ2n) is 6.63. The van der Waals surface area contributed by atoms with Crippen molar-refractivity contribution >= 4 is 38.5 Å². The molecule has 1 amide bonds. The van der Waals surface area contributed by atoms with Gasteiger partial charge in [-0.05, 0) is 66.9 Å². The summed E-state index contributed by atoms with van der Waals surface area (Å²) in [5, 5.41) is 2.15. The quantitative estimate of drug-likeness (QED) is 0.606. The van der Waals surface area contributed by atoms with Gasteiger partial charge in [0.1, 0.15) is 0 Å². The largest absolute Gasteiger partial charge is 0.397 e. The number of carbonyl (C=O) groups is 1. The summed E-state index contributed by atoms with van der Waals surface area (Å²) >= 11 is 1.00. The van der Waals surface area contributed by atoms with Crippen molar-refractivity contribution < 1.29 is 17.6 Å². The number of thiophene rings is 1. The molecule has 1 aliphatic rings. The van der Waals surface area contributed by atoms with Crippen molar-refractivity contribution in [3.8, 4) is 10.4 Å². The average Bonchev–Trinajstić information content (AvgIpc) is 3.46. The zero-order valence-electron chi connectivity index (χ0n) is 14.7. The second kappa shape index (κ2) is 7.03. The summed E-state index contributed by atoms with van der Waals surface area (Å²) in [6.45, 7) is 0. The van der Waals surface area contributed by atoms with Gasteiger partial charge >= 0.3 is 0 Å². The highest BCUT2D eigenvalue weighted by atomic mass is 32.2. The van der Waals surface area contributed by atoms with Gasteiger partial charge in [0.05, 0.1) is 21.5 Å². The first-order valence-corrected chi connectivity index (χ1v) is 11.0. The van der Waals surface area contributed by atoms with Gasteiger partial charge in [-0.2, -0.15) is 4.39 Å². The Morgan fingerprint density at radius 2 is 1.79 bits per heavy atom. The third kappa shape index (κ3) is 3.65. The number of hydrogen-bond donors (Lipinski definition) is 2. The third-order valence-corrected chi connectivity index (χ3v) is 7.77. The maximum Gasteiger partial charge on any atom is 0.255 e. The minimum atomic E-state index is -3.29. The van der Waals surface area contributed by atoms with Gasteiger partial charge in [0.25, 0.3) is 5.91 Å². The lowest BCUT2D eigenvalue weighted by atomic mass is 10.1. The summed E-state index contributed by atoms with van der Waals surface area (Å²) < 4.78 is 37.8. The van der Waals surface area contributed by atoms with E-state index in [4.69, 9.17) is 5.73 Å². The van der Waals surface area contributed by atoms with Crippen LogP contribution in [0.4, 0.5) is 15.8 Å². The highest BCUT2D eigenvalue weighted by molar-refractivity contribution is 7.92. The number of nitrogen functional groups attached to an aromatic ring is 1. The van der Waals surface area contributed by atoms with Gasteiger partial charge < -0.3 is 11.1 Å². The van der Waals surface area contributed by atoms with Crippen molar-refractivity contribution in [2.45, 2.75) is 23.0 Å². The molecule has 0 radical (unpaired) electrons. The van der Waals surface area contributed by atoms with E-state index in [9.17, 15) is 17.6 Å². The SMILES string of the molecule is Nc1ccc(-c2ccc(F)s2)cc1NC(=O)c1ccc(S(=O)(=O)C2CC2)cc1. The van der Waals surface area contributed by atoms with E-state index in [0.717, 1.165) is 21.8 Å². The van der Waals surface area contributed by atoms with E-state index >= 15 is 0 Å². The fourth-order valence-corrected chi connectivity index (χ4v) is 5.23. The lowest BCUT2D eigenvalue weighted by molar-refractivity contribution is 0.102. The van der Waals surface area contributed by atoms with Gasteiger partial charge in [0, 0.05) is 10.4 Å². The highest BCUT2D eigenvalue weighted by Gasteiger charge is 2.36. The van der Waals surface area contributed by atoms with E-state index in [1.807, 2.05) is 0 Å². The van der Waals surface area contributed by atoms with Crippen LogP contribution >= 0.6 is 11.3 Å². The van der Waals surface area contributed by atoms with Crippen molar-refractivity contribution in [1.29, 1.82) is 0 Å². The van der Waals surface area contributed by atoms with Gasteiger partial charge in [-0.3, -0.25) is 4.79 Å². The molecule has 4 rings (SSSR count). The van der Waals surface area contributed by atoms with E-state index in [0.29, 0.717) is 29.8 Å². The molecule has 1 aromatic heterocycles. The molecule has 3 N–H and O–H groups in total. The predicted octanol–water partition coefficient (Wildman–Crippen LogP) is 4.32. The molecule has 28 heavy (non-hydrogen) atoms. The van der Waals surface area contributed by atoms with E-state index in [-0.39, 0.29) is 15.3 Å². The third-order valence-electron chi connectivity index (χ3n) is 4.57. The van der Waals surface area contributed by atoms with Gasteiger partial charge in [0.15, 0.2) is 15.0 Å². The summed E-state index contributed by atoms with van der Waals surface area (Å²) in [6, 6.07) is 14.0. The highest BCUT2D eigenvalue weighted by Crippen LogP contribution is 2.34. The Kier molecular flexibility index (Phi) is 4.68. The minimum absolute atomic E-state index is 0.229. The molecule has 1 fully saturated rings. The van der Waals surface area contributed by atoms with Crippen LogP contribution < -0.4 is 11.1 Å². The van der Waals surface area contributed by atoms with Crippen LogP contribution in [0.3, 0.4) is 0 Å². The molecule has 0 spiro atoms. The minimum Gasteiger partial charge on any atom is -0.397 e. The van der Waals surface area contributed by atoms with Gasteiger partial charge in [-0.1, -0.05) is 6.07 Å². The molecule has 0 unspecified atom stereocenters. The molecular weight excluding hydrogens is 399 g/mol. The van der Waals surface area contributed by atoms with Gasteiger partial charge in [-0.15, -0.1) is 11.3 Å². The van der Waals surface area contributed by atoms with E-state index in [2.05, 4.69) is 5.32 Å². The molecule has 0 saturated heterocycles. The molecule has 8 heteroatoms. The topological polar surface area (TPSA) is 89.3 Å². The van der Waals surface area contributed by atoms with Crippen LogP contribution in [-0.4, -0.2) is 19.6 Å². The Morgan fingerprint density at radius 3 is 2.39 bits per heavy atom. The Labute approximate surface area is 165 Å². The lowest BCUT2D eigenvalue weighted by Crippen LogP contribution is -2.14. The number of amides is 1. The van der Waals surface area contributed by atoms with Crippen LogP contribution in [0.2, 0.25) is 0 Å². The number of anilines is 2. The normalized spacial score (nSPS) is 14.0. The average molecular weight is 416 g/mol. The molecule has 0 aliphatic heterocycles. The number of nitrogens with two attached hydrogens (primary N) is 1. The van der Waals surface area contributed by atoms with E-state index in [1.54, 1.807) is 24.3 Å². The van der Waals surface area contributed by atoms with E-state index < -0.39 is 15.7 Å². The van der Waals surface area contributed by atoms with Crippen LogP contribution in [0.15, 0.2) is 59.5 Å². The van der Waals surface area contributed by atoms with Crippen LogP contribution in [-0.2, 0) is 9.84 Å². The molecule has 3 aromatic rings. The Morgan fingerprint density at radius 1 is 1.07 bits per heavy atom. The zero-order chi connectivity index (χ0) is 19.9. The molecule has 5 nitrogen and oxygen atoms in total.